The Morgan fingerprint density at radius 3 is 1.60 bits per heavy atom. The number of nitrogens with two attached hydrogens (primary N) is 2. The fourth-order valence-corrected chi connectivity index (χ4v) is 9.32. The topological polar surface area (TPSA) is 231 Å². The maximum Gasteiger partial charge on any atom is 0.269 e. The zero-order valence-corrected chi connectivity index (χ0v) is 35.3. The number of hydrogen-bond acceptors (Lipinski definition) is 12. The minimum atomic E-state index is -3.77. The van der Waals surface area contributed by atoms with Gasteiger partial charge in [0.25, 0.3) is 20.0 Å². The molecule has 0 atom stereocenters. The van der Waals surface area contributed by atoms with Gasteiger partial charge in [-0.1, -0.05) is 47.0 Å². The third-order valence-corrected chi connectivity index (χ3v) is 14.0. The van der Waals surface area contributed by atoms with Crippen LogP contribution in [-0.2, 0) is 29.6 Å². The van der Waals surface area contributed by atoms with Gasteiger partial charge in [0, 0.05) is 43.4 Å². The highest BCUT2D eigenvalue weighted by atomic mass is 35.5. The van der Waals surface area contributed by atoms with Crippen molar-refractivity contribution >= 4 is 83.8 Å². The van der Waals surface area contributed by atoms with Gasteiger partial charge in [-0.3, -0.25) is 9.59 Å². The lowest BCUT2D eigenvalue weighted by atomic mass is 9.79. The molecule has 2 fully saturated rings. The third kappa shape index (κ3) is 8.95. The molecule has 2 aliphatic carbocycles. The number of halogens is 2. The van der Waals surface area contributed by atoms with E-state index in [1.54, 1.807) is 60.7 Å². The Kier molecular flexibility index (Phi) is 13.5. The van der Waals surface area contributed by atoms with Crippen molar-refractivity contribution in [3.63, 3.8) is 0 Å². The van der Waals surface area contributed by atoms with E-state index in [-0.39, 0.29) is 62.7 Å². The lowest BCUT2D eigenvalue weighted by Gasteiger charge is -2.40. The lowest BCUT2D eigenvalue weighted by molar-refractivity contribution is -0.125. The number of aromatic nitrogens is 6. The first-order valence-electron chi connectivity index (χ1n) is 18.0. The fraction of sp³-hybridized carbons (Fsp3) is 0.316. The summed E-state index contributed by atoms with van der Waals surface area (Å²) in [5.74, 6) is 0.226. The molecule has 58 heavy (non-hydrogen) atoms. The van der Waals surface area contributed by atoms with Gasteiger partial charge in [0.05, 0.1) is 20.6 Å². The number of amides is 2. The van der Waals surface area contributed by atoms with Crippen LogP contribution < -0.4 is 21.7 Å². The predicted octanol–water partition coefficient (Wildman–Crippen LogP) is 4.20. The molecular formula is C38H44Cl2N10O6S2. The number of nitrogens with one attached hydrogen (secondary N) is 1. The Bertz CT molecular complexity index is 2640. The number of carbonyl (C=O) groups excluding carboxylic acids is 2. The Balaban J connectivity index is 0.000000186. The Labute approximate surface area is 347 Å². The van der Waals surface area contributed by atoms with Crippen LogP contribution in [0.2, 0.25) is 5.15 Å². The molecule has 0 bridgehead atoms. The third-order valence-electron chi connectivity index (χ3n) is 10.3. The highest BCUT2D eigenvalue weighted by Gasteiger charge is 2.37. The molecule has 0 unspecified atom stereocenters. The van der Waals surface area contributed by atoms with Crippen molar-refractivity contribution < 1.29 is 26.4 Å². The summed E-state index contributed by atoms with van der Waals surface area (Å²) in [5, 5.41) is 4.45. The van der Waals surface area contributed by atoms with Gasteiger partial charge in [-0.05, 0) is 83.0 Å². The summed E-state index contributed by atoms with van der Waals surface area (Å²) in [5.41, 5.74) is 13.0. The molecule has 8 rings (SSSR count). The number of fused-ring (bicyclic) bond motifs is 2. The maximum absolute atomic E-state index is 13.1. The summed E-state index contributed by atoms with van der Waals surface area (Å²) < 4.78 is 53.6. The number of hydrogen-bond donors (Lipinski definition) is 3. The second-order valence-corrected chi connectivity index (χ2v) is 18.1. The number of carbonyl (C=O) groups is 2. The number of rotatable bonds is 9. The molecule has 4 heterocycles. The van der Waals surface area contributed by atoms with Crippen LogP contribution in [0.3, 0.4) is 0 Å². The highest BCUT2D eigenvalue weighted by Crippen LogP contribution is 2.36. The molecule has 0 aliphatic heterocycles. The van der Waals surface area contributed by atoms with Crippen molar-refractivity contribution in [1.29, 1.82) is 0 Å². The standard InChI is InChI=1S/C19H21N5O3S.C13H10ClN3O2S.C6H12N2O.ClH/c1-12-3-5-15(6-4-12)28(26,27)24-8-7-16-18(21-11-22-19(16)24)23(2)14-9-13(10-14)17(20)25;1-9-2-4-10(5-3-9)20(18,19)17-7-6-11-12(14)15-8-16-13(11)17;1-8-5-2-4(3-5)6(7)9;/h3-8,11,13-14H,9-10H2,1-2H3,(H2,20,25);2-8H,1H3;4-5,8H,2-3H2,1H3,(H2,7,9);1H. The predicted molar refractivity (Wildman–Crippen MR) is 224 cm³/mol. The molecule has 6 aromatic rings. The van der Waals surface area contributed by atoms with Gasteiger partial charge >= 0.3 is 0 Å². The van der Waals surface area contributed by atoms with Crippen LogP contribution in [0.4, 0.5) is 5.82 Å². The molecule has 16 nitrogen and oxygen atoms in total. The zero-order chi connectivity index (χ0) is 41.2. The van der Waals surface area contributed by atoms with E-state index in [4.69, 9.17) is 23.1 Å². The normalized spacial score (nSPS) is 18.6. The Morgan fingerprint density at radius 2 is 1.14 bits per heavy atom. The largest absolute Gasteiger partial charge is 0.369 e. The van der Waals surface area contributed by atoms with E-state index in [0.717, 1.165) is 27.9 Å². The van der Waals surface area contributed by atoms with Crippen molar-refractivity contribution in [3.05, 3.63) is 102 Å². The summed E-state index contributed by atoms with van der Waals surface area (Å²) in [6.45, 7) is 3.80. The average Bonchev–Trinajstić information content (AvgIpc) is 3.78. The van der Waals surface area contributed by atoms with Gasteiger partial charge in [-0.15, -0.1) is 12.4 Å². The van der Waals surface area contributed by atoms with Crippen LogP contribution in [0, 0.1) is 25.7 Å². The van der Waals surface area contributed by atoms with Crippen molar-refractivity contribution in [2.45, 2.75) is 61.4 Å². The molecule has 2 saturated carbocycles. The van der Waals surface area contributed by atoms with E-state index in [0.29, 0.717) is 41.1 Å². The van der Waals surface area contributed by atoms with Gasteiger partial charge < -0.3 is 21.7 Å². The molecule has 2 amide bonds. The number of benzene rings is 2. The summed E-state index contributed by atoms with van der Waals surface area (Å²) in [4.78, 5) is 40.5. The summed E-state index contributed by atoms with van der Waals surface area (Å²) in [6.07, 6.45) is 8.71. The Morgan fingerprint density at radius 1 is 0.707 bits per heavy atom. The minimum absolute atomic E-state index is 0. The number of aryl methyl sites for hydroxylation is 2. The molecular weight excluding hydrogens is 828 g/mol. The van der Waals surface area contributed by atoms with Crippen LogP contribution >= 0.6 is 24.0 Å². The second-order valence-electron chi connectivity index (χ2n) is 14.1. The zero-order valence-electron chi connectivity index (χ0n) is 32.1. The van der Waals surface area contributed by atoms with E-state index in [1.165, 1.54) is 29.0 Å². The SMILES string of the molecule is CNC1CC(C(N)=O)C1.Cc1ccc(S(=O)(=O)n2ccc3c(Cl)ncnc32)cc1.Cc1ccc(S(=O)(=O)n2ccc3c(N(C)C4CC(C(N)=O)C4)ncnc32)cc1.Cl. The smallest absolute Gasteiger partial charge is 0.269 e. The first kappa shape index (κ1) is 44.0. The molecule has 2 aliphatic rings. The first-order valence-corrected chi connectivity index (χ1v) is 21.2. The van der Waals surface area contributed by atoms with E-state index in [2.05, 4.69) is 25.3 Å². The van der Waals surface area contributed by atoms with Gasteiger partial charge in [-0.2, -0.15) is 0 Å². The van der Waals surface area contributed by atoms with Gasteiger partial charge in [0.15, 0.2) is 11.3 Å². The fourth-order valence-electron chi connectivity index (χ4n) is 6.52. The van der Waals surface area contributed by atoms with Crippen LogP contribution in [-0.4, -0.2) is 82.7 Å². The molecule has 4 aromatic heterocycles. The van der Waals surface area contributed by atoms with E-state index in [1.807, 2.05) is 32.8 Å². The van der Waals surface area contributed by atoms with Crippen LogP contribution in [0.5, 0.6) is 0 Å². The van der Waals surface area contributed by atoms with E-state index in [9.17, 15) is 26.4 Å². The summed E-state index contributed by atoms with van der Waals surface area (Å²) >= 11 is 5.93. The molecule has 0 saturated heterocycles. The number of anilines is 1. The van der Waals surface area contributed by atoms with Crippen molar-refractivity contribution in [3.8, 4) is 0 Å². The first-order chi connectivity index (χ1) is 27.0. The molecule has 0 spiro atoms. The second kappa shape index (κ2) is 17.8. The number of nitrogens with zero attached hydrogens (tertiary/aromatic N) is 7. The van der Waals surface area contributed by atoms with Crippen LogP contribution in [0.25, 0.3) is 22.1 Å². The van der Waals surface area contributed by atoms with E-state index >= 15 is 0 Å². The van der Waals surface area contributed by atoms with Crippen LogP contribution in [0.15, 0.2) is 95.5 Å². The van der Waals surface area contributed by atoms with Crippen molar-refractivity contribution in [2.24, 2.45) is 23.3 Å². The Hall–Kier alpha value is -5.14. The monoisotopic (exact) mass is 870 g/mol. The lowest BCUT2D eigenvalue weighted by Crippen LogP contribution is -2.47. The molecule has 308 valence electrons. The van der Waals surface area contributed by atoms with Crippen molar-refractivity contribution in [2.75, 3.05) is 19.0 Å². The summed E-state index contributed by atoms with van der Waals surface area (Å²) in [7, 11) is -3.67. The average molecular weight is 872 g/mol. The molecule has 20 heteroatoms. The maximum atomic E-state index is 13.1. The van der Waals surface area contributed by atoms with Gasteiger partial charge in [-0.25, -0.2) is 44.7 Å². The highest BCUT2D eigenvalue weighted by molar-refractivity contribution is 7.90. The van der Waals surface area contributed by atoms with Crippen molar-refractivity contribution in [1.82, 2.24) is 33.2 Å². The van der Waals surface area contributed by atoms with Gasteiger partial charge in [0.2, 0.25) is 11.8 Å². The quantitative estimate of drug-likeness (QED) is 0.174. The molecule has 0 radical (unpaired) electrons. The molecule has 5 N–H and O–H groups in total. The van der Waals surface area contributed by atoms with Crippen LogP contribution in [0.1, 0.15) is 36.8 Å². The minimum Gasteiger partial charge on any atom is -0.369 e. The van der Waals surface area contributed by atoms with Gasteiger partial charge in [0.1, 0.15) is 23.6 Å². The van der Waals surface area contributed by atoms with E-state index < -0.39 is 20.0 Å². The molecule has 2 aromatic carbocycles. The summed E-state index contributed by atoms with van der Waals surface area (Å²) in [6, 6.07) is 17.3. The number of primary amides is 2.